The molecule has 2 aromatic heterocycles. The first kappa shape index (κ1) is 22.8. The molecule has 12 heteroatoms. The Morgan fingerprint density at radius 1 is 1.29 bits per heavy atom. The first-order valence-corrected chi connectivity index (χ1v) is 11.9. The lowest BCUT2D eigenvalue weighted by molar-refractivity contribution is 0.0249. The number of rotatable bonds is 6. The van der Waals surface area contributed by atoms with Gasteiger partial charge in [-0.15, -0.1) is 0 Å². The molecule has 180 valence electrons. The Labute approximate surface area is 200 Å². The lowest BCUT2D eigenvalue weighted by Gasteiger charge is -2.37. The highest BCUT2D eigenvalue weighted by atomic mass is 32.1. The molecule has 0 radical (unpaired) electrons. The molecule has 2 fully saturated rings. The van der Waals surface area contributed by atoms with E-state index in [1.807, 2.05) is 0 Å². The second kappa shape index (κ2) is 9.37. The van der Waals surface area contributed by atoms with Crippen LogP contribution in [0.5, 0.6) is 11.8 Å². The maximum Gasteiger partial charge on any atom is 0.327 e. The summed E-state index contributed by atoms with van der Waals surface area (Å²) < 4.78 is 26.5. The normalized spacial score (nSPS) is 21.0. The van der Waals surface area contributed by atoms with Crippen LogP contribution in [0.15, 0.2) is 24.4 Å². The number of nitrogen functional groups attached to an aromatic ring is 1. The molecule has 3 N–H and O–H groups in total. The molecule has 1 saturated heterocycles. The molecule has 3 heterocycles. The van der Waals surface area contributed by atoms with Crippen LogP contribution in [-0.2, 0) is 4.74 Å². The van der Waals surface area contributed by atoms with E-state index in [0.717, 1.165) is 19.3 Å². The lowest BCUT2D eigenvalue weighted by Crippen LogP contribution is -2.49. The van der Waals surface area contributed by atoms with Crippen LogP contribution in [0.25, 0.3) is 10.7 Å². The number of hydrogen-bond acceptors (Lipinski definition) is 11. The van der Waals surface area contributed by atoms with Gasteiger partial charge in [-0.3, -0.25) is 4.90 Å². The van der Waals surface area contributed by atoms with Crippen LogP contribution in [0.1, 0.15) is 31.1 Å². The summed E-state index contributed by atoms with van der Waals surface area (Å²) in [5.74, 6) is 0.121. The van der Waals surface area contributed by atoms with Crippen LogP contribution in [0, 0.1) is 5.82 Å². The monoisotopic (exact) mass is 487 g/mol. The summed E-state index contributed by atoms with van der Waals surface area (Å²) in [6.07, 6.45) is 3.87. The van der Waals surface area contributed by atoms with Crippen molar-refractivity contribution in [3.8, 4) is 22.5 Å². The number of benzene rings is 1. The molecule has 1 aliphatic heterocycles. The highest BCUT2D eigenvalue weighted by Gasteiger charge is 2.38. The Morgan fingerprint density at radius 3 is 2.88 bits per heavy atom. The summed E-state index contributed by atoms with van der Waals surface area (Å²) in [5, 5.41) is 10.6. The van der Waals surface area contributed by atoms with E-state index < -0.39 is 12.0 Å². The van der Waals surface area contributed by atoms with Gasteiger partial charge in [-0.2, -0.15) is 15.0 Å². The van der Waals surface area contributed by atoms with Crippen LogP contribution in [0.2, 0.25) is 0 Å². The number of anilines is 2. The van der Waals surface area contributed by atoms with Crippen molar-refractivity contribution in [2.24, 2.45) is 0 Å². The number of nitrogens with zero attached hydrogens (tertiary/aromatic N) is 6. The van der Waals surface area contributed by atoms with E-state index >= 15 is 0 Å². The standard InChI is InChI=1S/C22H26FN7O3S/c1-29(2)19(31)12-6-7-15(13(23)10-12)33-22-27-18(17-11-25-20(24)34-17)26-21(28-22)30-8-9-32-16-5-3-4-14(16)30/h6-7,10-11,14,16,19,31H,3-5,8-9H2,1-2H3,(H2,24,25)/t14-,16-,19?/m0/s1. The van der Waals surface area contributed by atoms with E-state index in [4.69, 9.17) is 15.2 Å². The van der Waals surface area contributed by atoms with Crippen molar-refractivity contribution in [1.82, 2.24) is 24.8 Å². The van der Waals surface area contributed by atoms with Crippen molar-refractivity contribution < 1.29 is 19.0 Å². The van der Waals surface area contributed by atoms with E-state index in [1.54, 1.807) is 31.3 Å². The van der Waals surface area contributed by atoms with Crippen molar-refractivity contribution in [1.29, 1.82) is 0 Å². The predicted octanol–water partition coefficient (Wildman–Crippen LogP) is 2.82. The number of halogens is 1. The molecule has 0 bridgehead atoms. The highest BCUT2D eigenvalue weighted by molar-refractivity contribution is 7.18. The summed E-state index contributed by atoms with van der Waals surface area (Å²) >= 11 is 1.25. The van der Waals surface area contributed by atoms with Crippen LogP contribution in [0.3, 0.4) is 0 Å². The zero-order chi connectivity index (χ0) is 23.8. The number of aromatic nitrogens is 4. The Kier molecular flexibility index (Phi) is 6.30. The Balaban J connectivity index is 1.50. The SMILES string of the molecule is CN(C)C(O)c1ccc(Oc2nc(-c3cnc(N)s3)nc(N3CCO[C@H]4CCC[C@@H]43)n2)c(F)c1. The minimum atomic E-state index is -0.934. The number of morpholine rings is 1. The average molecular weight is 488 g/mol. The fourth-order valence-electron chi connectivity index (χ4n) is 4.35. The number of thiazole rings is 1. The van der Waals surface area contributed by atoms with Gasteiger partial charge in [0.1, 0.15) is 6.23 Å². The second-order valence-electron chi connectivity index (χ2n) is 8.53. The van der Waals surface area contributed by atoms with Crippen molar-refractivity contribution in [3.63, 3.8) is 0 Å². The van der Waals surface area contributed by atoms with Gasteiger partial charge in [-0.05, 0) is 51.1 Å². The van der Waals surface area contributed by atoms with Gasteiger partial charge < -0.3 is 25.2 Å². The van der Waals surface area contributed by atoms with E-state index in [2.05, 4.69) is 24.8 Å². The third kappa shape index (κ3) is 4.53. The number of ether oxygens (including phenoxy) is 2. The third-order valence-corrected chi connectivity index (χ3v) is 6.85. The molecule has 2 aliphatic rings. The van der Waals surface area contributed by atoms with Gasteiger partial charge in [0.05, 0.1) is 29.8 Å². The van der Waals surface area contributed by atoms with Crippen LogP contribution >= 0.6 is 11.3 Å². The van der Waals surface area contributed by atoms with Crippen molar-refractivity contribution in [2.45, 2.75) is 37.6 Å². The van der Waals surface area contributed by atoms with E-state index in [9.17, 15) is 9.50 Å². The lowest BCUT2D eigenvalue weighted by atomic mass is 10.1. The Morgan fingerprint density at radius 2 is 2.15 bits per heavy atom. The van der Waals surface area contributed by atoms with Gasteiger partial charge in [0.25, 0.3) is 0 Å². The molecule has 1 saturated carbocycles. The van der Waals surface area contributed by atoms with Gasteiger partial charge in [0.15, 0.2) is 22.5 Å². The molecule has 5 rings (SSSR count). The molecule has 34 heavy (non-hydrogen) atoms. The molecule has 1 unspecified atom stereocenters. The summed E-state index contributed by atoms with van der Waals surface area (Å²) in [4.78, 5) is 22.0. The van der Waals surface area contributed by atoms with E-state index in [1.165, 1.54) is 23.5 Å². The zero-order valence-electron chi connectivity index (χ0n) is 18.9. The van der Waals surface area contributed by atoms with Gasteiger partial charge in [-0.1, -0.05) is 17.4 Å². The molecule has 3 aromatic rings. The third-order valence-electron chi connectivity index (χ3n) is 6.03. The molecule has 10 nitrogen and oxygen atoms in total. The van der Waals surface area contributed by atoms with Crippen LogP contribution < -0.4 is 15.4 Å². The number of aliphatic hydroxyl groups is 1. The van der Waals surface area contributed by atoms with E-state index in [0.29, 0.717) is 40.5 Å². The highest BCUT2D eigenvalue weighted by Crippen LogP contribution is 2.35. The fraction of sp³-hybridized carbons (Fsp3) is 0.455. The molecule has 1 aliphatic carbocycles. The number of hydrogen-bond donors (Lipinski definition) is 2. The smallest absolute Gasteiger partial charge is 0.327 e. The fourth-order valence-corrected chi connectivity index (χ4v) is 4.97. The van der Waals surface area contributed by atoms with E-state index in [-0.39, 0.29) is 23.9 Å². The van der Waals surface area contributed by atoms with Crippen LogP contribution in [0.4, 0.5) is 15.5 Å². The predicted molar refractivity (Wildman–Crippen MR) is 125 cm³/mol. The number of nitrogens with two attached hydrogens (primary N) is 1. The molecular weight excluding hydrogens is 461 g/mol. The first-order valence-electron chi connectivity index (χ1n) is 11.1. The van der Waals surface area contributed by atoms with Gasteiger partial charge in [-0.25, -0.2) is 9.37 Å². The number of aliphatic hydroxyl groups excluding tert-OH is 1. The Hall–Kier alpha value is -2.93. The van der Waals surface area contributed by atoms with Crippen LogP contribution in [-0.4, -0.2) is 69.3 Å². The van der Waals surface area contributed by atoms with Crippen molar-refractivity contribution in [2.75, 3.05) is 37.9 Å². The summed E-state index contributed by atoms with van der Waals surface area (Å²) in [5.41, 5.74) is 6.22. The molecular formula is C22H26FN7O3S. The largest absolute Gasteiger partial charge is 0.421 e. The molecule has 0 amide bonds. The molecule has 0 spiro atoms. The molecule has 3 atom stereocenters. The number of fused-ring (bicyclic) bond motifs is 1. The average Bonchev–Trinajstić information content (AvgIpc) is 3.48. The quantitative estimate of drug-likeness (QED) is 0.502. The summed E-state index contributed by atoms with van der Waals surface area (Å²) in [6.45, 7) is 1.22. The Bertz CT molecular complexity index is 1180. The molecule has 1 aromatic carbocycles. The summed E-state index contributed by atoms with van der Waals surface area (Å²) in [7, 11) is 3.40. The van der Waals surface area contributed by atoms with Gasteiger partial charge in [0.2, 0.25) is 5.95 Å². The van der Waals surface area contributed by atoms with Gasteiger partial charge in [0, 0.05) is 6.54 Å². The maximum absolute atomic E-state index is 14.8. The second-order valence-corrected chi connectivity index (χ2v) is 9.60. The minimum Gasteiger partial charge on any atom is -0.421 e. The summed E-state index contributed by atoms with van der Waals surface area (Å²) in [6, 6.07) is 4.42. The minimum absolute atomic E-state index is 0.0344. The zero-order valence-corrected chi connectivity index (χ0v) is 19.7. The van der Waals surface area contributed by atoms with Crippen molar-refractivity contribution >= 4 is 22.4 Å². The topological polar surface area (TPSA) is 123 Å². The first-order chi connectivity index (χ1) is 16.4. The maximum atomic E-state index is 14.8. The van der Waals surface area contributed by atoms with Crippen molar-refractivity contribution in [3.05, 3.63) is 35.8 Å². The van der Waals surface area contributed by atoms with Gasteiger partial charge >= 0.3 is 6.01 Å².